The second kappa shape index (κ2) is 6.55. The molecule has 22 heavy (non-hydrogen) atoms. The molecule has 1 heterocycles. The summed E-state index contributed by atoms with van der Waals surface area (Å²) in [5.41, 5.74) is 0.912. The molecule has 1 aliphatic heterocycles. The van der Waals surface area contributed by atoms with Crippen LogP contribution in [0, 0.1) is 5.82 Å². The van der Waals surface area contributed by atoms with Crippen LogP contribution in [0.4, 0.5) is 4.39 Å². The Balaban J connectivity index is 2.07. The van der Waals surface area contributed by atoms with E-state index in [9.17, 15) is 14.0 Å². The molecule has 2 amide bonds. The number of nitrogens with one attached hydrogen (secondary N) is 1. The average Bonchev–Trinajstić information content (AvgIpc) is 2.49. The maximum Gasteiger partial charge on any atom is 0.267 e. The Morgan fingerprint density at radius 3 is 2.77 bits per heavy atom. The lowest BCUT2D eigenvalue weighted by Gasteiger charge is -2.21. The van der Waals surface area contributed by atoms with Crippen LogP contribution >= 0.6 is 0 Å². The number of amides is 2. The topological polar surface area (TPSA) is 71.0 Å². The number of rotatable bonds is 4. The molecule has 6 nitrogen and oxygen atoms in total. The molecule has 118 valence electrons. The van der Waals surface area contributed by atoms with E-state index in [0.717, 1.165) is 5.01 Å². The molecule has 0 aromatic heterocycles. The van der Waals surface area contributed by atoms with Gasteiger partial charge in [-0.05, 0) is 24.6 Å². The van der Waals surface area contributed by atoms with Gasteiger partial charge in [-0.25, -0.2) is 9.40 Å². The van der Waals surface area contributed by atoms with Gasteiger partial charge in [-0.1, -0.05) is 6.07 Å². The lowest BCUT2D eigenvalue weighted by Crippen LogP contribution is -2.38. The Labute approximate surface area is 127 Å². The Kier molecular flexibility index (Phi) is 4.75. The lowest BCUT2D eigenvalue weighted by molar-refractivity contribution is -0.130. The van der Waals surface area contributed by atoms with Crippen molar-refractivity contribution < 1.29 is 18.7 Å². The molecule has 0 spiro atoms. The number of halogens is 1. The molecule has 2 rings (SSSR count). The summed E-state index contributed by atoms with van der Waals surface area (Å²) >= 11 is 0. The molecule has 0 aliphatic carbocycles. The van der Waals surface area contributed by atoms with E-state index < -0.39 is 11.9 Å². The molecule has 1 aromatic rings. The lowest BCUT2D eigenvalue weighted by atomic mass is 10.1. The average molecular weight is 307 g/mol. The smallest absolute Gasteiger partial charge is 0.267 e. The van der Waals surface area contributed by atoms with Gasteiger partial charge in [0.15, 0.2) is 11.6 Å². The van der Waals surface area contributed by atoms with Gasteiger partial charge in [0, 0.05) is 19.9 Å². The van der Waals surface area contributed by atoms with Gasteiger partial charge in [0.1, 0.15) is 5.71 Å². The van der Waals surface area contributed by atoms with Crippen molar-refractivity contribution in [2.45, 2.75) is 25.8 Å². The first kappa shape index (κ1) is 15.9. The number of nitrogens with zero attached hydrogens (tertiary/aromatic N) is 2. The number of hydrogen-bond acceptors (Lipinski definition) is 4. The maximum atomic E-state index is 13.7. The Morgan fingerprint density at radius 1 is 1.45 bits per heavy atom. The number of ether oxygens (including phenoxy) is 1. The molecule has 0 saturated heterocycles. The van der Waals surface area contributed by atoms with Gasteiger partial charge in [0.2, 0.25) is 5.91 Å². The number of carbonyl (C=O) groups excluding carboxylic acids is 2. The fourth-order valence-corrected chi connectivity index (χ4v) is 2.15. The summed E-state index contributed by atoms with van der Waals surface area (Å²) in [5.74, 6) is -0.814. The van der Waals surface area contributed by atoms with Gasteiger partial charge in [-0.2, -0.15) is 5.10 Å². The summed E-state index contributed by atoms with van der Waals surface area (Å²) in [4.78, 5) is 23.5. The molecule has 0 radical (unpaired) electrons. The number of hydrogen-bond donors (Lipinski definition) is 1. The quantitative estimate of drug-likeness (QED) is 0.919. The minimum Gasteiger partial charge on any atom is -0.494 e. The second-order valence-corrected chi connectivity index (χ2v) is 5.05. The summed E-state index contributed by atoms with van der Waals surface area (Å²) in [7, 11) is 2.90. The SMILES string of the molecule is COc1ccc([C@H](C)NC(=O)C2=NN(C)C(=O)CC2)cc1F. The highest BCUT2D eigenvalue weighted by atomic mass is 19.1. The van der Waals surface area contributed by atoms with E-state index in [-0.39, 0.29) is 24.0 Å². The molecule has 0 saturated carbocycles. The zero-order chi connectivity index (χ0) is 16.3. The third kappa shape index (κ3) is 3.41. The minimum absolute atomic E-state index is 0.123. The summed E-state index contributed by atoms with van der Waals surface area (Å²) in [5, 5.41) is 7.86. The van der Waals surface area contributed by atoms with Crippen LogP contribution in [-0.2, 0) is 9.59 Å². The van der Waals surface area contributed by atoms with Crippen LogP contribution in [0.5, 0.6) is 5.75 Å². The molecule has 0 bridgehead atoms. The number of benzene rings is 1. The largest absolute Gasteiger partial charge is 0.494 e. The molecule has 1 aliphatic rings. The van der Waals surface area contributed by atoms with E-state index in [4.69, 9.17) is 4.74 Å². The van der Waals surface area contributed by atoms with Gasteiger partial charge in [-0.15, -0.1) is 0 Å². The fraction of sp³-hybridized carbons (Fsp3) is 0.400. The first-order valence-corrected chi connectivity index (χ1v) is 6.90. The standard InChI is InChI=1S/C15H18FN3O3/c1-9(10-4-6-13(22-3)11(16)8-10)17-15(21)12-5-7-14(20)19(2)18-12/h4,6,8-9H,5,7H2,1-3H3,(H,17,21)/t9-/m0/s1. The van der Waals surface area contributed by atoms with Crippen molar-refractivity contribution in [3.05, 3.63) is 29.6 Å². The summed E-state index contributed by atoms with van der Waals surface area (Å²) < 4.78 is 18.6. The van der Waals surface area contributed by atoms with Crippen molar-refractivity contribution >= 4 is 17.5 Å². The van der Waals surface area contributed by atoms with Crippen LogP contribution in [0.25, 0.3) is 0 Å². The van der Waals surface area contributed by atoms with Crippen LogP contribution in [0.15, 0.2) is 23.3 Å². The number of hydrazone groups is 1. The van der Waals surface area contributed by atoms with Gasteiger partial charge in [0.05, 0.1) is 13.2 Å². The molecule has 1 aromatic carbocycles. The van der Waals surface area contributed by atoms with Crippen molar-refractivity contribution in [1.82, 2.24) is 10.3 Å². The highest BCUT2D eigenvalue weighted by molar-refractivity contribution is 6.39. The van der Waals surface area contributed by atoms with E-state index in [1.165, 1.54) is 26.3 Å². The minimum atomic E-state index is -0.485. The Hall–Kier alpha value is -2.44. The van der Waals surface area contributed by atoms with E-state index in [1.54, 1.807) is 13.0 Å². The van der Waals surface area contributed by atoms with Gasteiger partial charge < -0.3 is 10.1 Å². The van der Waals surface area contributed by atoms with Crippen molar-refractivity contribution in [2.24, 2.45) is 5.10 Å². The van der Waals surface area contributed by atoms with Crippen LogP contribution in [0.1, 0.15) is 31.4 Å². The van der Waals surface area contributed by atoms with E-state index in [0.29, 0.717) is 17.7 Å². The predicted octanol–water partition coefficient (Wildman–Crippen LogP) is 1.62. The van der Waals surface area contributed by atoms with Crippen molar-refractivity contribution in [3.63, 3.8) is 0 Å². The van der Waals surface area contributed by atoms with Gasteiger partial charge in [-0.3, -0.25) is 9.59 Å². The van der Waals surface area contributed by atoms with Crippen LogP contribution in [0.3, 0.4) is 0 Å². The molecule has 0 unspecified atom stereocenters. The molecule has 1 N–H and O–H groups in total. The molecule has 1 atom stereocenters. The summed E-state index contributed by atoms with van der Waals surface area (Å²) in [6, 6.07) is 4.13. The normalized spacial score (nSPS) is 16.1. The van der Waals surface area contributed by atoms with Crippen molar-refractivity contribution in [1.29, 1.82) is 0 Å². The third-order valence-corrected chi connectivity index (χ3v) is 3.49. The van der Waals surface area contributed by atoms with Crippen molar-refractivity contribution in [2.75, 3.05) is 14.2 Å². The highest BCUT2D eigenvalue weighted by Crippen LogP contribution is 2.21. The highest BCUT2D eigenvalue weighted by Gasteiger charge is 2.23. The fourth-order valence-electron chi connectivity index (χ4n) is 2.15. The second-order valence-electron chi connectivity index (χ2n) is 5.05. The Bertz CT molecular complexity index is 630. The summed E-state index contributed by atoms with van der Waals surface area (Å²) in [6.07, 6.45) is 0.562. The maximum absolute atomic E-state index is 13.7. The predicted molar refractivity (Wildman–Crippen MR) is 78.9 cm³/mol. The van der Waals surface area contributed by atoms with E-state index in [1.807, 2.05) is 0 Å². The first-order chi connectivity index (χ1) is 10.4. The summed E-state index contributed by atoms with van der Waals surface area (Å²) in [6.45, 7) is 1.75. The van der Waals surface area contributed by atoms with Gasteiger partial charge >= 0.3 is 0 Å². The van der Waals surface area contributed by atoms with Crippen LogP contribution < -0.4 is 10.1 Å². The monoisotopic (exact) mass is 307 g/mol. The molecule has 0 fully saturated rings. The molecular formula is C15H18FN3O3. The first-order valence-electron chi connectivity index (χ1n) is 6.90. The van der Waals surface area contributed by atoms with Gasteiger partial charge in [0.25, 0.3) is 5.91 Å². The Morgan fingerprint density at radius 2 is 2.18 bits per heavy atom. The van der Waals surface area contributed by atoms with Crippen molar-refractivity contribution in [3.8, 4) is 5.75 Å². The molecular weight excluding hydrogens is 289 g/mol. The third-order valence-electron chi connectivity index (χ3n) is 3.49. The zero-order valence-electron chi connectivity index (χ0n) is 12.7. The number of carbonyl (C=O) groups is 2. The zero-order valence-corrected chi connectivity index (χ0v) is 12.7. The molecule has 7 heteroatoms. The van der Waals surface area contributed by atoms with E-state index in [2.05, 4.69) is 10.4 Å². The van der Waals surface area contributed by atoms with Crippen LogP contribution in [0.2, 0.25) is 0 Å². The number of methoxy groups -OCH3 is 1. The van der Waals surface area contributed by atoms with E-state index >= 15 is 0 Å². The van der Waals surface area contributed by atoms with Crippen LogP contribution in [-0.4, -0.2) is 36.7 Å².